The van der Waals surface area contributed by atoms with Crippen molar-refractivity contribution < 1.29 is 4.79 Å². The van der Waals surface area contributed by atoms with Crippen molar-refractivity contribution in [1.82, 2.24) is 5.32 Å². The minimum absolute atomic E-state index is 0.292. The van der Waals surface area contributed by atoms with Crippen molar-refractivity contribution in [3.8, 4) is 0 Å². The highest BCUT2D eigenvalue weighted by Gasteiger charge is 2.17. The summed E-state index contributed by atoms with van der Waals surface area (Å²) in [6.07, 6.45) is 19.3. The van der Waals surface area contributed by atoms with E-state index in [9.17, 15) is 4.79 Å². The van der Waals surface area contributed by atoms with Crippen LogP contribution in [-0.2, 0) is 6.42 Å². The molecule has 1 heterocycles. The van der Waals surface area contributed by atoms with Gasteiger partial charge in [-0.05, 0) is 37.8 Å². The van der Waals surface area contributed by atoms with Gasteiger partial charge in [-0.1, -0.05) is 95.4 Å². The maximum absolute atomic E-state index is 12.4. The van der Waals surface area contributed by atoms with Crippen LogP contribution in [0.5, 0.6) is 0 Å². The normalized spacial score (nSPS) is 17.1. The van der Waals surface area contributed by atoms with Crippen LogP contribution in [0.4, 0.5) is 0 Å². The van der Waals surface area contributed by atoms with Gasteiger partial charge in [0.2, 0.25) is 0 Å². The van der Waals surface area contributed by atoms with Crippen molar-refractivity contribution in [2.45, 2.75) is 109 Å². The van der Waals surface area contributed by atoms with Crippen LogP contribution in [0.15, 0.2) is 24.3 Å². The van der Waals surface area contributed by atoms with Crippen LogP contribution in [0.3, 0.4) is 0 Å². The van der Waals surface area contributed by atoms with Gasteiger partial charge in [-0.25, -0.2) is 0 Å². The Kier molecular flexibility index (Phi) is 11.4. The Balaban J connectivity index is 1.54. The second-order valence-corrected chi connectivity index (χ2v) is 8.40. The highest BCUT2D eigenvalue weighted by Crippen LogP contribution is 2.16. The molecule has 1 atom stereocenters. The zero-order valence-corrected chi connectivity index (χ0v) is 17.6. The minimum atomic E-state index is 0.292. The van der Waals surface area contributed by atoms with Gasteiger partial charge in [0.15, 0.2) is 5.78 Å². The molecule has 0 aromatic heterocycles. The molecule has 0 saturated carbocycles. The lowest BCUT2D eigenvalue weighted by Gasteiger charge is -2.22. The Morgan fingerprint density at radius 2 is 1.52 bits per heavy atom. The third kappa shape index (κ3) is 9.55. The number of rotatable bonds is 14. The van der Waals surface area contributed by atoms with E-state index in [1.807, 2.05) is 12.1 Å². The first-order chi connectivity index (χ1) is 13.3. The van der Waals surface area contributed by atoms with Gasteiger partial charge in [-0.15, -0.1) is 0 Å². The van der Waals surface area contributed by atoms with Crippen LogP contribution < -0.4 is 5.32 Å². The smallest absolute Gasteiger partial charge is 0.164 e. The first kappa shape index (κ1) is 22.1. The molecule has 2 nitrogen and oxygen atoms in total. The number of carbonyl (C=O) groups excluding carboxylic acids is 1. The van der Waals surface area contributed by atoms with E-state index in [0.29, 0.717) is 18.2 Å². The molecule has 0 spiro atoms. The molecule has 1 aliphatic heterocycles. The third-order valence-corrected chi connectivity index (χ3v) is 5.94. The predicted molar refractivity (Wildman–Crippen MR) is 117 cm³/mol. The van der Waals surface area contributed by atoms with E-state index in [2.05, 4.69) is 24.4 Å². The summed E-state index contributed by atoms with van der Waals surface area (Å²) in [6.45, 7) is 3.34. The van der Waals surface area contributed by atoms with Crippen molar-refractivity contribution in [2.75, 3.05) is 6.54 Å². The molecule has 27 heavy (non-hydrogen) atoms. The lowest BCUT2D eigenvalue weighted by Crippen LogP contribution is -2.35. The van der Waals surface area contributed by atoms with Crippen molar-refractivity contribution in [2.24, 2.45) is 0 Å². The highest BCUT2D eigenvalue weighted by atomic mass is 16.1. The number of ketones is 1. The van der Waals surface area contributed by atoms with Crippen molar-refractivity contribution >= 4 is 5.78 Å². The van der Waals surface area contributed by atoms with E-state index in [-0.39, 0.29) is 0 Å². The summed E-state index contributed by atoms with van der Waals surface area (Å²) in [5.74, 6) is 0.292. The zero-order valence-electron chi connectivity index (χ0n) is 17.6. The number of aryl methyl sites for hydroxylation is 1. The summed E-state index contributed by atoms with van der Waals surface area (Å²) < 4.78 is 0. The Labute approximate surface area is 167 Å². The van der Waals surface area contributed by atoms with E-state index in [1.165, 1.54) is 82.6 Å². The number of Topliss-reactive ketones (excluding diaryl/α,β-unsaturated/α-hetero) is 1. The molecule has 152 valence electrons. The molecule has 0 amide bonds. The number of hydrogen-bond acceptors (Lipinski definition) is 2. The molecule has 1 aromatic rings. The fourth-order valence-corrected chi connectivity index (χ4v) is 4.11. The lowest BCUT2D eigenvalue weighted by molar-refractivity contribution is 0.0963. The van der Waals surface area contributed by atoms with E-state index >= 15 is 0 Å². The average molecular weight is 372 g/mol. The van der Waals surface area contributed by atoms with Crippen LogP contribution in [0, 0.1) is 0 Å². The molecule has 1 saturated heterocycles. The molecule has 1 aliphatic rings. The third-order valence-electron chi connectivity index (χ3n) is 5.94. The van der Waals surface area contributed by atoms with Crippen LogP contribution in [0.2, 0.25) is 0 Å². The fraction of sp³-hybridized carbons (Fsp3) is 0.720. The standard InChI is InChI=1S/C25H41NO/c1-2-3-4-5-6-7-8-9-10-11-14-22-16-18-23(19-17-22)25(27)21-24-15-12-13-20-26-24/h16-19,24,26H,2-15,20-21H2,1H3. The molecule has 0 bridgehead atoms. The molecule has 1 unspecified atom stereocenters. The van der Waals surface area contributed by atoms with Crippen molar-refractivity contribution in [1.29, 1.82) is 0 Å². The van der Waals surface area contributed by atoms with Crippen LogP contribution >= 0.6 is 0 Å². The van der Waals surface area contributed by atoms with E-state index < -0.39 is 0 Å². The summed E-state index contributed by atoms with van der Waals surface area (Å²) >= 11 is 0. The highest BCUT2D eigenvalue weighted by molar-refractivity contribution is 5.96. The Morgan fingerprint density at radius 3 is 2.11 bits per heavy atom. The number of piperidine rings is 1. The average Bonchev–Trinajstić information content (AvgIpc) is 2.70. The van der Waals surface area contributed by atoms with Crippen molar-refractivity contribution in [3.05, 3.63) is 35.4 Å². The second-order valence-electron chi connectivity index (χ2n) is 8.40. The topological polar surface area (TPSA) is 29.1 Å². The molecule has 1 aromatic carbocycles. The summed E-state index contributed by atoms with van der Waals surface area (Å²) in [5, 5.41) is 3.47. The summed E-state index contributed by atoms with van der Waals surface area (Å²) in [5.41, 5.74) is 2.26. The van der Waals surface area contributed by atoms with Crippen LogP contribution in [0.25, 0.3) is 0 Å². The second kappa shape index (κ2) is 13.9. The zero-order chi connectivity index (χ0) is 19.2. The van der Waals surface area contributed by atoms with E-state index in [0.717, 1.165) is 24.9 Å². The van der Waals surface area contributed by atoms with Gasteiger partial charge in [0, 0.05) is 18.0 Å². The first-order valence-corrected chi connectivity index (χ1v) is 11.6. The van der Waals surface area contributed by atoms with Gasteiger partial charge in [0.05, 0.1) is 0 Å². The maximum atomic E-state index is 12.4. The monoisotopic (exact) mass is 371 g/mol. The van der Waals surface area contributed by atoms with E-state index in [4.69, 9.17) is 0 Å². The molecule has 2 heteroatoms. The van der Waals surface area contributed by atoms with Gasteiger partial charge >= 0.3 is 0 Å². The van der Waals surface area contributed by atoms with Gasteiger partial charge < -0.3 is 5.32 Å². The Morgan fingerprint density at radius 1 is 0.889 bits per heavy atom. The number of benzene rings is 1. The lowest BCUT2D eigenvalue weighted by atomic mass is 9.96. The molecule has 2 rings (SSSR count). The quantitative estimate of drug-likeness (QED) is 0.286. The fourth-order valence-electron chi connectivity index (χ4n) is 4.11. The SMILES string of the molecule is CCCCCCCCCCCCc1ccc(C(=O)CC2CCCCN2)cc1. The Bertz CT molecular complexity index is 502. The number of nitrogens with one attached hydrogen (secondary N) is 1. The number of carbonyl (C=O) groups is 1. The summed E-state index contributed by atoms with van der Waals surface area (Å²) in [4.78, 5) is 12.4. The molecule has 0 radical (unpaired) electrons. The number of hydrogen-bond donors (Lipinski definition) is 1. The van der Waals surface area contributed by atoms with Crippen LogP contribution in [-0.4, -0.2) is 18.4 Å². The van der Waals surface area contributed by atoms with E-state index in [1.54, 1.807) is 0 Å². The molecular weight excluding hydrogens is 330 g/mol. The van der Waals surface area contributed by atoms with Gasteiger partial charge in [0.25, 0.3) is 0 Å². The molecule has 1 fully saturated rings. The first-order valence-electron chi connectivity index (χ1n) is 11.6. The predicted octanol–water partition coefficient (Wildman–Crippen LogP) is 6.86. The summed E-state index contributed by atoms with van der Waals surface area (Å²) in [6, 6.07) is 8.79. The molecule has 0 aliphatic carbocycles. The van der Waals surface area contributed by atoms with Gasteiger partial charge in [0.1, 0.15) is 0 Å². The maximum Gasteiger partial charge on any atom is 0.164 e. The Hall–Kier alpha value is -1.15. The number of unbranched alkanes of at least 4 members (excludes halogenated alkanes) is 9. The summed E-state index contributed by atoms with van der Waals surface area (Å²) in [7, 11) is 0. The molecular formula is C25H41NO. The minimum Gasteiger partial charge on any atom is -0.314 e. The largest absolute Gasteiger partial charge is 0.314 e. The van der Waals surface area contributed by atoms with Crippen molar-refractivity contribution in [3.63, 3.8) is 0 Å². The molecule has 1 N–H and O–H groups in total. The van der Waals surface area contributed by atoms with Gasteiger partial charge in [-0.2, -0.15) is 0 Å². The van der Waals surface area contributed by atoms with Crippen LogP contribution in [0.1, 0.15) is 113 Å². The van der Waals surface area contributed by atoms with Gasteiger partial charge in [-0.3, -0.25) is 4.79 Å².